The van der Waals surface area contributed by atoms with Gasteiger partial charge in [-0.15, -0.1) is 37.0 Å². The van der Waals surface area contributed by atoms with E-state index in [0.717, 1.165) is 17.5 Å². The van der Waals surface area contributed by atoms with Crippen LogP contribution in [0.15, 0.2) is 144 Å². The molecule has 0 atom stereocenters. The molecule has 0 aliphatic rings. The second kappa shape index (κ2) is 84.8. The fraction of sp³-hybridized carbons (Fsp3) is 0.417. The molecule has 5 rings (SSSR count). The molecule has 0 fully saturated rings. The summed E-state index contributed by atoms with van der Waals surface area (Å²) >= 11 is 8.14. The van der Waals surface area contributed by atoms with Crippen molar-refractivity contribution < 1.29 is 154 Å². The van der Waals surface area contributed by atoms with Gasteiger partial charge in [0.25, 0.3) is 18.4 Å². The number of nitrogens with two attached hydrogens (primary N) is 1. The van der Waals surface area contributed by atoms with Crippen LogP contribution in [-0.4, -0.2) is 180 Å². The number of carboxylic acid groups (broad SMARTS) is 2. The molecule has 40 heteroatoms. The molecule has 0 radical (unpaired) electrons. The third-order valence-electron chi connectivity index (χ3n) is 14.9. The summed E-state index contributed by atoms with van der Waals surface area (Å²) in [5.74, 6) is 4.73. The molecule has 5 aromatic rings. The SMILES string of the molecule is C#CCC/C(O)=C(\C#N)C(=O)Nc1ccc(OCCCC(=O)O)cc1.C#CCC/C(O)=C(\C#N)C(=O)Nc1ccc(OCCCC(=O)OCC)cc1.C#CCCC(=O)Cl.CCOC(=O)CCCBr.CCOC(=O)CCCOc1ccc(N)cc1.CCOC(=O)CCCOc1ccc(NC(=O)OC(C)(C)C)cc1.N#CCC(=O)O.[C-]#[N+]CC(=O)Nc1ccc(OCCCC(=O)OCC)cc1.[Li+].[OH-]. The molecule has 5 aromatic carbocycles. The number of carboxylic acids is 2. The van der Waals surface area contributed by atoms with E-state index in [1.807, 2.05) is 6.92 Å². The molecular weight excluding hydrogens is 1850 g/mol. The smallest absolute Gasteiger partial charge is 0.870 e. The zero-order valence-electron chi connectivity index (χ0n) is 77.9. The molecule has 37 nitrogen and oxygen atoms in total. The minimum atomic E-state index is -1.07. The number of terminal acetylenes is 3. The number of benzene rings is 5. The number of nitriles is 3. The molecule has 0 aliphatic heterocycles. The van der Waals surface area contributed by atoms with Crippen LogP contribution in [0.25, 0.3) is 4.85 Å². The van der Waals surface area contributed by atoms with Crippen molar-refractivity contribution in [1.29, 1.82) is 15.8 Å². The Morgan fingerprint density at radius 1 is 0.434 bits per heavy atom. The van der Waals surface area contributed by atoms with Gasteiger partial charge in [0.1, 0.15) is 64.4 Å². The molecule has 0 aromatic heterocycles. The number of nitrogens with one attached hydrogen (secondary N) is 4. The summed E-state index contributed by atoms with van der Waals surface area (Å²) in [6.07, 6.45) is 20.9. The van der Waals surface area contributed by atoms with Gasteiger partial charge in [-0.3, -0.25) is 58.1 Å². The van der Waals surface area contributed by atoms with Crippen molar-refractivity contribution >= 4 is 127 Å². The number of nitrogens with zero attached hydrogens (tertiary/aromatic N) is 4. The number of amides is 4. The number of alkyl halides is 1. The van der Waals surface area contributed by atoms with Gasteiger partial charge >= 0.3 is 72.6 Å². The number of aliphatic hydroxyl groups is 2. The number of ether oxygens (including phenoxy) is 11. The Morgan fingerprint density at radius 2 is 0.713 bits per heavy atom. The largest absolute Gasteiger partial charge is 1.00 e. The molecule has 0 saturated carbocycles. The van der Waals surface area contributed by atoms with E-state index in [-0.39, 0.29) is 146 Å². The van der Waals surface area contributed by atoms with Crippen LogP contribution in [0.5, 0.6) is 28.7 Å². The molecule has 136 heavy (non-hydrogen) atoms. The molecule has 0 unspecified atom stereocenters. The van der Waals surface area contributed by atoms with Crippen molar-refractivity contribution in [3.63, 3.8) is 0 Å². The number of hydrogen-bond acceptors (Lipinski definition) is 30. The van der Waals surface area contributed by atoms with E-state index in [9.17, 15) is 67.7 Å². The van der Waals surface area contributed by atoms with E-state index in [1.165, 1.54) is 6.07 Å². The Labute approximate surface area is 819 Å². The summed E-state index contributed by atoms with van der Waals surface area (Å²) in [5.41, 5.74) is 7.05. The normalized spacial score (nSPS) is 9.85. The van der Waals surface area contributed by atoms with Crippen LogP contribution in [0.4, 0.5) is 33.2 Å². The number of aliphatic carboxylic acids is 2. The number of carbonyl (C=O) groups is 12. The zero-order chi connectivity index (χ0) is 101. The van der Waals surface area contributed by atoms with Crippen LogP contribution in [0.2, 0.25) is 0 Å². The summed E-state index contributed by atoms with van der Waals surface area (Å²) in [7, 11) is 0. The number of allylic oxidation sites excluding steroid dienone is 2. The Balaban J connectivity index is -0.000000498. The van der Waals surface area contributed by atoms with Crippen molar-refractivity contribution in [3.05, 3.63) is 155 Å². The van der Waals surface area contributed by atoms with E-state index in [1.54, 1.807) is 182 Å². The quantitative estimate of drug-likeness (QED) is 0.00142. The number of hydrogen-bond donors (Lipinski definition) is 9. The van der Waals surface area contributed by atoms with E-state index < -0.39 is 41.9 Å². The maximum atomic E-state index is 12.1. The fourth-order valence-corrected chi connectivity index (χ4v) is 9.34. The Kier molecular flexibility index (Phi) is 81.1. The van der Waals surface area contributed by atoms with Gasteiger partial charge in [-0.05, 0) is 227 Å². The fourth-order valence-electron chi connectivity index (χ4n) is 8.96. The van der Waals surface area contributed by atoms with Crippen LogP contribution in [0, 0.1) is 77.6 Å². The molecule has 0 spiro atoms. The van der Waals surface area contributed by atoms with Gasteiger partial charge in [0.05, 0.1) is 72.1 Å². The number of aliphatic hydroxyl groups excluding tert-OH is 2. The number of esters is 5. The van der Waals surface area contributed by atoms with E-state index in [4.69, 9.17) is 117 Å². The predicted molar refractivity (Wildman–Crippen MR) is 507 cm³/mol. The van der Waals surface area contributed by atoms with Gasteiger partial charge in [-0.25, -0.2) is 11.4 Å². The van der Waals surface area contributed by atoms with Gasteiger partial charge in [0.15, 0.2) is 11.1 Å². The summed E-state index contributed by atoms with van der Waals surface area (Å²) in [4.78, 5) is 135. The maximum absolute atomic E-state index is 12.1. The van der Waals surface area contributed by atoms with Crippen LogP contribution >= 0.6 is 27.5 Å². The van der Waals surface area contributed by atoms with Crippen molar-refractivity contribution in [2.75, 3.05) is 105 Å². The Morgan fingerprint density at radius 3 is 0.949 bits per heavy atom. The zero-order valence-corrected chi connectivity index (χ0v) is 80.3. The molecule has 0 heterocycles. The van der Waals surface area contributed by atoms with Crippen LogP contribution < -0.4 is 69.5 Å². The first-order valence-electron chi connectivity index (χ1n) is 41.9. The van der Waals surface area contributed by atoms with Gasteiger partial charge in [0.2, 0.25) is 5.24 Å². The summed E-state index contributed by atoms with van der Waals surface area (Å²) in [6, 6.07) is 38.6. The maximum Gasteiger partial charge on any atom is 1.00 e. The second-order valence-corrected chi connectivity index (χ2v) is 28.3. The van der Waals surface area contributed by atoms with Crippen molar-refractivity contribution in [2.24, 2.45) is 0 Å². The second-order valence-electron chi connectivity index (χ2n) is 27.1. The van der Waals surface area contributed by atoms with Crippen LogP contribution in [0.3, 0.4) is 0 Å². The van der Waals surface area contributed by atoms with E-state index in [0.29, 0.717) is 175 Å². The first-order valence-corrected chi connectivity index (χ1v) is 43.4. The number of carbonyl (C=O) groups excluding carboxylic acids is 10. The molecule has 11 N–H and O–H groups in total. The number of anilines is 5. The molecule has 0 aliphatic carbocycles. The first-order chi connectivity index (χ1) is 64.0. The van der Waals surface area contributed by atoms with Gasteiger partial charge in [-0.1, -0.05) is 15.9 Å². The van der Waals surface area contributed by atoms with Crippen LogP contribution in [0.1, 0.15) is 177 Å². The molecule has 0 bridgehead atoms. The molecule has 732 valence electrons. The van der Waals surface area contributed by atoms with Gasteiger partial charge in [-0.2, -0.15) is 15.8 Å². The monoisotopic (exact) mass is 1970 g/mol. The molecular formula is C96H120BrClLiN9O28. The van der Waals surface area contributed by atoms with Gasteiger partial charge in [0, 0.05) is 111 Å². The van der Waals surface area contributed by atoms with E-state index >= 15 is 0 Å². The summed E-state index contributed by atoms with van der Waals surface area (Å²) < 4.78 is 56.4. The third kappa shape index (κ3) is 76.2. The van der Waals surface area contributed by atoms with Gasteiger partial charge < -0.3 is 105 Å². The molecule has 0 saturated heterocycles. The standard InChI is InChI=1S/C20H22N2O5.C18H18N2O5.C17H25NO5.C15H18N2O4.C12H17NO3.C6H11BrO2.C5H5ClO.C3H3NO2.Li.H2O/c1-3-5-7-18(23)17(14-21)20(25)22-15-9-11-16(12-10-15)27-13-6-8-19(24)26-4-2;1-2-3-5-16(21)15(12-19)18(24)20-13-7-9-14(10-8-13)25-11-4-6-17(22)23;1-5-21-15(19)7-6-12-22-14-10-8-13(9-11-14)18-16(20)23-17(2,3)4;1-3-20-15(19)5-4-10-21-13-8-6-12(7-9-13)17-14(18)11-16-2;1-2-15-12(14)4-3-9-16-11-7-5-10(13)6-8-11;1-2-9-6(8)4-3-5-7;1-2-3-4-5(6)7;4-2-1-3(5)6;;/h1,9-12,23H,4-8,13H2,2H3,(H,22,25);1,7-10,21H,3-6,11H2,(H,20,24)(H,22,23);8-11H,5-7,12H2,1-4H3,(H,18,20);6-9H,3-5,10-11H2,1H3,(H,17,18);5-8H,2-4,9,13H2,1H3;2-5H2,1H3;1H,3-4H2;1H2,(H,5,6);;1H2/q;;;;;;;;+1;/p-1/b18-17-;16-15-;;;;;;;;. The van der Waals surface area contributed by atoms with Crippen LogP contribution in [-0.2, 0) is 81.2 Å². The minimum Gasteiger partial charge on any atom is -0.870 e. The van der Waals surface area contributed by atoms with Crippen molar-refractivity contribution in [1.82, 2.24) is 0 Å². The van der Waals surface area contributed by atoms with E-state index in [2.05, 4.69) is 64.5 Å². The van der Waals surface area contributed by atoms with Crippen molar-refractivity contribution in [3.8, 4) is 84.0 Å². The number of rotatable bonds is 47. The minimum absolute atomic E-state index is 0. The predicted octanol–water partition coefficient (Wildman–Crippen LogP) is 13.4. The first kappa shape index (κ1) is 130. The number of nitrogen functional groups attached to an aromatic ring is 1. The van der Waals surface area contributed by atoms with Crippen molar-refractivity contribution in [2.45, 2.75) is 183 Å². The average Bonchev–Trinajstić information content (AvgIpc) is 0.871. The Hall–Kier alpha value is -14.4. The topological polar surface area (TPSA) is 567 Å². The Bertz CT molecular complexity index is 4740. The summed E-state index contributed by atoms with van der Waals surface area (Å²) in [6.45, 7) is 24.8. The summed E-state index contributed by atoms with van der Waals surface area (Å²) in [5, 5.41) is 72.2. The third-order valence-corrected chi connectivity index (χ3v) is 15.7. The number of halogens is 2. The average molecular weight is 1970 g/mol. The molecule has 4 amide bonds.